The maximum atomic E-state index is 4.15. The van der Waals surface area contributed by atoms with E-state index in [0.717, 1.165) is 22.8 Å². The second-order valence-electron chi connectivity index (χ2n) is 3.09. The van der Waals surface area contributed by atoms with Gasteiger partial charge in [0.15, 0.2) is 0 Å². The van der Waals surface area contributed by atoms with Gasteiger partial charge in [0.1, 0.15) is 12.7 Å². The van der Waals surface area contributed by atoms with Crippen LogP contribution in [-0.2, 0) is 0 Å². The molecule has 0 spiro atoms. The highest BCUT2D eigenvalue weighted by atomic mass is 14.9. The summed E-state index contributed by atoms with van der Waals surface area (Å²) in [5.41, 5.74) is 3.54. The molecule has 0 unspecified atom stereocenters. The molecule has 0 saturated heterocycles. The Morgan fingerprint density at radius 2 is 1.14 bits per heavy atom. The van der Waals surface area contributed by atoms with Gasteiger partial charge in [-0.05, 0) is 26.0 Å². The molecular weight excluding hydrogens is 176 g/mol. The lowest BCUT2D eigenvalue weighted by Gasteiger charge is -2.00. The quantitative estimate of drug-likeness (QED) is 0.678. The van der Waals surface area contributed by atoms with E-state index < -0.39 is 0 Å². The maximum Gasteiger partial charge on any atom is 0.116 e. The van der Waals surface area contributed by atoms with Crippen molar-refractivity contribution < 1.29 is 0 Å². The van der Waals surface area contributed by atoms with Crippen molar-refractivity contribution in [3.8, 4) is 11.4 Å². The zero-order valence-electron chi connectivity index (χ0n) is 8.10. The largest absolute Gasteiger partial charge is 0.242 e. The van der Waals surface area contributed by atoms with Crippen molar-refractivity contribution in [2.75, 3.05) is 0 Å². The number of hydrogen-bond donors (Lipinski definition) is 0. The van der Waals surface area contributed by atoms with E-state index in [4.69, 9.17) is 0 Å². The first-order chi connectivity index (χ1) is 6.75. The highest BCUT2D eigenvalue weighted by molar-refractivity contribution is 5.53. The van der Waals surface area contributed by atoms with Crippen molar-refractivity contribution >= 4 is 0 Å². The molecule has 14 heavy (non-hydrogen) atoms. The third kappa shape index (κ3) is 1.74. The normalized spacial score (nSPS) is 10.1. The lowest BCUT2D eigenvalue weighted by Crippen LogP contribution is -1.92. The van der Waals surface area contributed by atoms with Crippen LogP contribution in [-0.4, -0.2) is 19.9 Å². The Morgan fingerprint density at radius 3 is 1.50 bits per heavy atom. The van der Waals surface area contributed by atoms with Crippen molar-refractivity contribution in [2.24, 2.45) is 0 Å². The molecule has 0 aliphatic heterocycles. The molecule has 4 nitrogen and oxygen atoms in total. The predicted octanol–water partition coefficient (Wildman–Crippen LogP) is 1.55. The molecule has 0 radical (unpaired) electrons. The number of nitrogens with zero attached hydrogens (tertiary/aromatic N) is 4. The summed E-state index contributed by atoms with van der Waals surface area (Å²) in [6.07, 6.45) is 3.09. The van der Waals surface area contributed by atoms with Gasteiger partial charge in [0.05, 0.1) is 11.4 Å². The molecule has 0 amide bonds. The first-order valence-corrected chi connectivity index (χ1v) is 4.33. The van der Waals surface area contributed by atoms with Crippen molar-refractivity contribution in [2.45, 2.75) is 13.8 Å². The van der Waals surface area contributed by atoms with Gasteiger partial charge in [-0.15, -0.1) is 0 Å². The third-order valence-corrected chi connectivity index (χ3v) is 1.87. The topological polar surface area (TPSA) is 51.6 Å². The summed E-state index contributed by atoms with van der Waals surface area (Å²) in [5, 5.41) is 0. The number of aryl methyl sites for hydroxylation is 2. The van der Waals surface area contributed by atoms with Gasteiger partial charge in [-0.2, -0.15) is 0 Å². The van der Waals surface area contributed by atoms with Gasteiger partial charge in [-0.3, -0.25) is 0 Å². The minimum Gasteiger partial charge on any atom is -0.242 e. The standard InChI is InChI=1S/C10H10N4/c1-7-3-9(13-5-11-7)10-4-8(2)12-6-14-10/h3-6H,1-2H3. The summed E-state index contributed by atoms with van der Waals surface area (Å²) in [5.74, 6) is 0. The molecule has 2 aromatic heterocycles. The van der Waals surface area contributed by atoms with Crippen LogP contribution in [0.5, 0.6) is 0 Å². The molecule has 0 N–H and O–H groups in total. The second-order valence-corrected chi connectivity index (χ2v) is 3.09. The van der Waals surface area contributed by atoms with Crippen LogP contribution < -0.4 is 0 Å². The molecule has 0 saturated carbocycles. The Morgan fingerprint density at radius 1 is 0.714 bits per heavy atom. The summed E-state index contributed by atoms with van der Waals surface area (Å²) in [7, 11) is 0. The molecule has 0 aromatic carbocycles. The van der Waals surface area contributed by atoms with E-state index in [-0.39, 0.29) is 0 Å². The van der Waals surface area contributed by atoms with Crippen LogP contribution in [0, 0.1) is 13.8 Å². The van der Waals surface area contributed by atoms with Crippen molar-refractivity contribution in [3.63, 3.8) is 0 Å². The number of hydrogen-bond acceptors (Lipinski definition) is 4. The lowest BCUT2D eigenvalue weighted by atomic mass is 10.2. The van der Waals surface area contributed by atoms with Gasteiger partial charge >= 0.3 is 0 Å². The van der Waals surface area contributed by atoms with Gasteiger partial charge in [-0.1, -0.05) is 0 Å². The van der Waals surface area contributed by atoms with Gasteiger partial charge in [0, 0.05) is 11.4 Å². The first-order valence-electron chi connectivity index (χ1n) is 4.33. The van der Waals surface area contributed by atoms with E-state index in [9.17, 15) is 0 Å². The highest BCUT2D eigenvalue weighted by Crippen LogP contribution is 2.13. The average Bonchev–Trinajstić information content (AvgIpc) is 2.18. The molecule has 0 aliphatic rings. The van der Waals surface area contributed by atoms with Crippen molar-refractivity contribution in [1.82, 2.24) is 19.9 Å². The van der Waals surface area contributed by atoms with Crippen LogP contribution in [0.3, 0.4) is 0 Å². The number of rotatable bonds is 1. The van der Waals surface area contributed by atoms with Gasteiger partial charge in [-0.25, -0.2) is 19.9 Å². The predicted molar refractivity (Wildman–Crippen MR) is 52.5 cm³/mol. The molecule has 70 valence electrons. The molecule has 0 atom stereocenters. The fraction of sp³-hybridized carbons (Fsp3) is 0.200. The van der Waals surface area contributed by atoms with Gasteiger partial charge in [0.2, 0.25) is 0 Å². The minimum absolute atomic E-state index is 0.836. The summed E-state index contributed by atoms with van der Waals surface area (Å²) in [6, 6.07) is 3.81. The van der Waals surface area contributed by atoms with Crippen molar-refractivity contribution in [1.29, 1.82) is 0 Å². The SMILES string of the molecule is Cc1cc(-c2cc(C)ncn2)ncn1. The van der Waals surface area contributed by atoms with Crippen LogP contribution in [0.2, 0.25) is 0 Å². The third-order valence-electron chi connectivity index (χ3n) is 1.87. The Hall–Kier alpha value is -1.84. The first kappa shape index (κ1) is 8.74. The van der Waals surface area contributed by atoms with E-state index in [0.29, 0.717) is 0 Å². The fourth-order valence-corrected chi connectivity index (χ4v) is 1.19. The van der Waals surface area contributed by atoms with Crippen LogP contribution in [0.1, 0.15) is 11.4 Å². The summed E-state index contributed by atoms with van der Waals surface area (Å²) < 4.78 is 0. The van der Waals surface area contributed by atoms with E-state index in [1.165, 1.54) is 0 Å². The number of aromatic nitrogens is 4. The monoisotopic (exact) mass is 186 g/mol. The molecule has 2 aromatic rings. The maximum absolute atomic E-state index is 4.15. The highest BCUT2D eigenvalue weighted by Gasteiger charge is 2.01. The molecule has 2 heterocycles. The molecule has 0 bridgehead atoms. The Balaban J connectivity index is 2.49. The van der Waals surface area contributed by atoms with Crippen LogP contribution >= 0.6 is 0 Å². The Kier molecular flexibility index (Phi) is 2.18. The van der Waals surface area contributed by atoms with Crippen LogP contribution in [0.25, 0.3) is 11.4 Å². The second kappa shape index (κ2) is 3.49. The fourth-order valence-electron chi connectivity index (χ4n) is 1.19. The minimum atomic E-state index is 0.836. The van der Waals surface area contributed by atoms with Gasteiger partial charge in [0.25, 0.3) is 0 Å². The lowest BCUT2D eigenvalue weighted by molar-refractivity contribution is 1.06. The van der Waals surface area contributed by atoms with E-state index in [1.807, 2.05) is 26.0 Å². The average molecular weight is 186 g/mol. The molecule has 0 aliphatic carbocycles. The zero-order valence-corrected chi connectivity index (χ0v) is 8.10. The van der Waals surface area contributed by atoms with E-state index >= 15 is 0 Å². The van der Waals surface area contributed by atoms with Crippen LogP contribution in [0.4, 0.5) is 0 Å². The smallest absolute Gasteiger partial charge is 0.116 e. The molecular formula is C10H10N4. The van der Waals surface area contributed by atoms with E-state index in [2.05, 4.69) is 19.9 Å². The van der Waals surface area contributed by atoms with Gasteiger partial charge < -0.3 is 0 Å². The summed E-state index contributed by atoms with van der Waals surface area (Å²) in [4.78, 5) is 16.4. The van der Waals surface area contributed by atoms with Crippen molar-refractivity contribution in [3.05, 3.63) is 36.2 Å². The zero-order chi connectivity index (χ0) is 9.97. The molecule has 0 fully saturated rings. The van der Waals surface area contributed by atoms with E-state index in [1.54, 1.807) is 12.7 Å². The molecule has 4 heteroatoms. The Bertz CT molecular complexity index is 410. The summed E-state index contributed by atoms with van der Waals surface area (Å²) >= 11 is 0. The van der Waals surface area contributed by atoms with Crippen LogP contribution in [0.15, 0.2) is 24.8 Å². The summed E-state index contributed by atoms with van der Waals surface area (Å²) in [6.45, 7) is 3.86. The Labute approximate surface area is 82.1 Å². The molecule has 2 rings (SSSR count).